The number of anilines is 1. The first-order valence-electron chi connectivity index (χ1n) is 8.90. The van der Waals surface area contributed by atoms with Crippen molar-refractivity contribution in [1.29, 1.82) is 0 Å². The van der Waals surface area contributed by atoms with Gasteiger partial charge in [0.15, 0.2) is 0 Å². The van der Waals surface area contributed by atoms with Gasteiger partial charge >= 0.3 is 0 Å². The molecule has 154 valence electrons. The van der Waals surface area contributed by atoms with Crippen molar-refractivity contribution in [3.63, 3.8) is 0 Å². The number of pyridine rings is 1. The number of amides is 1. The maximum absolute atomic E-state index is 12.8. The summed E-state index contributed by atoms with van der Waals surface area (Å²) >= 11 is 6.25. The molecule has 1 amide bonds. The van der Waals surface area contributed by atoms with Crippen LogP contribution in [0.5, 0.6) is 0 Å². The van der Waals surface area contributed by atoms with Crippen LogP contribution in [0.1, 0.15) is 17.5 Å². The number of nitrogens with one attached hydrogen (secondary N) is 2. The molecule has 0 unspecified atom stereocenters. The number of rotatable bonds is 6. The van der Waals surface area contributed by atoms with Gasteiger partial charge in [-0.1, -0.05) is 29.3 Å². The van der Waals surface area contributed by atoms with Gasteiger partial charge in [0.25, 0.3) is 5.91 Å². The average molecular weight is 437 g/mol. The molecular formula is C19H21ClN4O4S. The van der Waals surface area contributed by atoms with Crippen LogP contribution in [0.4, 0.5) is 5.82 Å². The first kappa shape index (κ1) is 21.3. The van der Waals surface area contributed by atoms with E-state index in [4.69, 9.17) is 16.8 Å². The normalized spacial score (nSPS) is 17.6. The van der Waals surface area contributed by atoms with Gasteiger partial charge in [0.2, 0.25) is 10.0 Å². The maximum atomic E-state index is 12.8. The highest BCUT2D eigenvalue weighted by Crippen LogP contribution is 2.26. The number of hydrogen-bond acceptors (Lipinski definition) is 6. The van der Waals surface area contributed by atoms with Crippen LogP contribution in [0.3, 0.4) is 0 Å². The largest absolute Gasteiger partial charge is 0.365 e. The quantitative estimate of drug-likeness (QED) is 0.364. The molecule has 0 saturated carbocycles. The van der Waals surface area contributed by atoms with Gasteiger partial charge < -0.3 is 5.32 Å². The topological polar surface area (TPSA) is 112 Å². The van der Waals surface area contributed by atoms with E-state index in [1.165, 1.54) is 22.1 Å². The van der Waals surface area contributed by atoms with Crippen LogP contribution in [0.15, 0.2) is 47.5 Å². The lowest BCUT2D eigenvalue weighted by atomic mass is 10.2. The predicted octanol–water partition coefficient (Wildman–Crippen LogP) is 2.44. The maximum Gasteiger partial charge on any atom is 0.267 e. The van der Waals surface area contributed by atoms with Crippen LogP contribution in [0.25, 0.3) is 6.08 Å². The molecule has 0 aliphatic carbocycles. The van der Waals surface area contributed by atoms with E-state index in [0.717, 1.165) is 11.6 Å². The standard InChI is InChI=1S/C19H21ClN4O4S/c1-13-2-5-16(6-3-13)29(27,28)24-9-8-15(12-24)22-19-17(20)10-14(11-21-19)4-7-18(25)23-26/h2-7,10-11,15,26H,8-9,12H2,1H3,(H,21,22)(H,23,25)/t15-/m1/s1. The molecule has 0 spiro atoms. The Morgan fingerprint density at radius 2 is 2.07 bits per heavy atom. The zero-order valence-electron chi connectivity index (χ0n) is 15.7. The lowest BCUT2D eigenvalue weighted by Gasteiger charge is -2.18. The zero-order chi connectivity index (χ0) is 21.0. The number of benzene rings is 1. The van der Waals surface area contributed by atoms with Gasteiger partial charge in [-0.3, -0.25) is 10.0 Å². The Morgan fingerprint density at radius 1 is 1.34 bits per heavy atom. The number of carbonyl (C=O) groups excluding carboxylic acids is 1. The summed E-state index contributed by atoms with van der Waals surface area (Å²) in [6.07, 6.45) is 4.75. The van der Waals surface area contributed by atoms with Crippen molar-refractivity contribution >= 4 is 39.4 Å². The van der Waals surface area contributed by atoms with Crippen molar-refractivity contribution in [2.45, 2.75) is 24.3 Å². The van der Waals surface area contributed by atoms with E-state index in [1.807, 2.05) is 6.92 Å². The minimum atomic E-state index is -3.54. The van der Waals surface area contributed by atoms with E-state index in [1.54, 1.807) is 30.3 Å². The molecule has 2 heterocycles. The van der Waals surface area contributed by atoms with E-state index in [0.29, 0.717) is 35.9 Å². The fourth-order valence-corrected chi connectivity index (χ4v) is 4.71. The van der Waals surface area contributed by atoms with E-state index < -0.39 is 15.9 Å². The Hall–Kier alpha value is -2.46. The summed E-state index contributed by atoms with van der Waals surface area (Å²) in [5.74, 6) is -0.223. The fraction of sp³-hybridized carbons (Fsp3) is 0.263. The van der Waals surface area contributed by atoms with Crippen molar-refractivity contribution in [2.75, 3.05) is 18.4 Å². The molecule has 1 saturated heterocycles. The van der Waals surface area contributed by atoms with Crippen LogP contribution in [-0.4, -0.2) is 48.0 Å². The number of aromatic nitrogens is 1. The predicted molar refractivity (Wildman–Crippen MR) is 110 cm³/mol. The zero-order valence-corrected chi connectivity index (χ0v) is 17.2. The van der Waals surface area contributed by atoms with E-state index in [-0.39, 0.29) is 10.9 Å². The number of aryl methyl sites for hydroxylation is 1. The molecule has 1 fully saturated rings. The highest BCUT2D eigenvalue weighted by atomic mass is 35.5. The average Bonchev–Trinajstić information content (AvgIpc) is 3.18. The summed E-state index contributed by atoms with van der Waals surface area (Å²) in [5.41, 5.74) is 3.08. The molecule has 1 aliphatic heterocycles. The highest BCUT2D eigenvalue weighted by molar-refractivity contribution is 7.89. The monoisotopic (exact) mass is 436 g/mol. The van der Waals surface area contributed by atoms with Gasteiger partial charge in [-0.2, -0.15) is 4.31 Å². The van der Waals surface area contributed by atoms with Crippen LogP contribution in [-0.2, 0) is 14.8 Å². The smallest absolute Gasteiger partial charge is 0.267 e. The summed E-state index contributed by atoms with van der Waals surface area (Å²) in [7, 11) is -3.54. The Kier molecular flexibility index (Phi) is 6.53. The Morgan fingerprint density at radius 3 is 2.72 bits per heavy atom. The molecular weight excluding hydrogens is 416 g/mol. The minimum absolute atomic E-state index is 0.123. The van der Waals surface area contributed by atoms with E-state index >= 15 is 0 Å². The second-order valence-electron chi connectivity index (χ2n) is 6.71. The summed E-state index contributed by atoms with van der Waals surface area (Å²) in [6.45, 7) is 2.63. The first-order chi connectivity index (χ1) is 13.8. The molecule has 3 N–H and O–H groups in total. The van der Waals surface area contributed by atoms with Crippen LogP contribution >= 0.6 is 11.6 Å². The van der Waals surface area contributed by atoms with Crippen molar-refractivity contribution in [1.82, 2.24) is 14.8 Å². The number of hydroxylamine groups is 1. The third kappa shape index (κ3) is 5.13. The lowest BCUT2D eigenvalue weighted by molar-refractivity contribution is -0.124. The second kappa shape index (κ2) is 8.91. The third-order valence-corrected chi connectivity index (χ3v) is 6.72. The number of halogens is 1. The minimum Gasteiger partial charge on any atom is -0.365 e. The second-order valence-corrected chi connectivity index (χ2v) is 9.06. The summed E-state index contributed by atoms with van der Waals surface area (Å²) in [6, 6.07) is 8.29. The van der Waals surface area contributed by atoms with Gasteiger partial charge in [-0.25, -0.2) is 18.9 Å². The Bertz CT molecular complexity index is 1030. The van der Waals surface area contributed by atoms with Gasteiger partial charge in [-0.05, 0) is 43.2 Å². The van der Waals surface area contributed by atoms with Crippen LogP contribution in [0, 0.1) is 6.92 Å². The molecule has 10 heteroatoms. The lowest BCUT2D eigenvalue weighted by Crippen LogP contribution is -2.31. The highest BCUT2D eigenvalue weighted by Gasteiger charge is 2.32. The van der Waals surface area contributed by atoms with Gasteiger partial charge in [0.1, 0.15) is 5.82 Å². The Balaban J connectivity index is 1.66. The van der Waals surface area contributed by atoms with Crippen molar-refractivity contribution in [3.05, 3.63) is 58.8 Å². The van der Waals surface area contributed by atoms with Crippen LogP contribution < -0.4 is 10.8 Å². The van der Waals surface area contributed by atoms with Crippen LogP contribution in [0.2, 0.25) is 5.02 Å². The molecule has 1 aromatic heterocycles. The van der Waals surface area contributed by atoms with Gasteiger partial charge in [-0.15, -0.1) is 0 Å². The van der Waals surface area contributed by atoms with Crippen molar-refractivity contribution < 1.29 is 18.4 Å². The third-order valence-electron chi connectivity index (χ3n) is 4.55. The van der Waals surface area contributed by atoms with Crippen molar-refractivity contribution in [2.24, 2.45) is 0 Å². The number of sulfonamides is 1. The molecule has 29 heavy (non-hydrogen) atoms. The number of carbonyl (C=O) groups is 1. The molecule has 1 atom stereocenters. The Labute approximate surface area is 174 Å². The molecule has 0 bridgehead atoms. The van der Waals surface area contributed by atoms with Crippen molar-refractivity contribution in [3.8, 4) is 0 Å². The van der Waals surface area contributed by atoms with Gasteiger partial charge in [0, 0.05) is 31.4 Å². The fourth-order valence-electron chi connectivity index (χ4n) is 2.98. The van der Waals surface area contributed by atoms with Gasteiger partial charge in [0.05, 0.1) is 9.92 Å². The molecule has 1 aromatic carbocycles. The van der Waals surface area contributed by atoms with E-state index in [2.05, 4.69) is 10.3 Å². The summed E-state index contributed by atoms with van der Waals surface area (Å²) in [5, 5.41) is 12.0. The molecule has 8 nitrogen and oxygen atoms in total. The summed E-state index contributed by atoms with van der Waals surface area (Å²) in [4.78, 5) is 15.6. The molecule has 1 aliphatic rings. The summed E-state index contributed by atoms with van der Waals surface area (Å²) < 4.78 is 27.1. The van der Waals surface area contributed by atoms with E-state index in [9.17, 15) is 13.2 Å². The molecule has 2 aromatic rings. The number of hydrogen-bond donors (Lipinski definition) is 3. The number of nitrogens with zero attached hydrogens (tertiary/aromatic N) is 2. The molecule has 3 rings (SSSR count). The molecule has 0 radical (unpaired) electrons. The first-order valence-corrected chi connectivity index (χ1v) is 10.7. The SMILES string of the molecule is Cc1ccc(S(=O)(=O)N2CC[C@@H](Nc3ncc(C=CC(=O)NO)cc3Cl)C2)cc1.